The van der Waals surface area contributed by atoms with E-state index in [1.165, 1.54) is 0 Å². The lowest BCUT2D eigenvalue weighted by Crippen LogP contribution is -2.46. The first-order valence-corrected chi connectivity index (χ1v) is 7.87. The van der Waals surface area contributed by atoms with Crippen LogP contribution in [0.15, 0.2) is 23.2 Å². The zero-order valence-corrected chi connectivity index (χ0v) is 15.1. The van der Waals surface area contributed by atoms with Crippen LogP contribution < -0.4 is 25.8 Å². The fourth-order valence-electron chi connectivity index (χ4n) is 1.88. The molecular formula is C17H28N4O3. The molecule has 0 aliphatic carbocycles. The van der Waals surface area contributed by atoms with Gasteiger partial charge in [0.1, 0.15) is 0 Å². The summed E-state index contributed by atoms with van der Waals surface area (Å²) < 4.78 is 10.5. The fraction of sp³-hybridized carbons (Fsp3) is 0.529. The quantitative estimate of drug-likeness (QED) is 0.490. The van der Waals surface area contributed by atoms with Crippen molar-refractivity contribution in [2.75, 3.05) is 27.3 Å². The first kappa shape index (κ1) is 19.6. The lowest BCUT2D eigenvalue weighted by molar-refractivity contribution is -0.125. The highest BCUT2D eigenvalue weighted by molar-refractivity contribution is 5.83. The standard InChI is InChI=1S/C17H28N4O3/c1-6-19-16(21-11-17(2,3)15(18)22)20-10-12-7-8-13(23-4)14(9-12)24-5/h7-9H,6,10-11H2,1-5H3,(H2,18,22)(H2,19,20,21). The average molecular weight is 336 g/mol. The van der Waals surface area contributed by atoms with Gasteiger partial charge in [-0.15, -0.1) is 0 Å². The zero-order valence-electron chi connectivity index (χ0n) is 15.1. The van der Waals surface area contributed by atoms with Gasteiger partial charge in [-0.3, -0.25) is 4.79 Å². The number of nitrogens with zero attached hydrogens (tertiary/aromatic N) is 1. The Morgan fingerprint density at radius 2 is 1.88 bits per heavy atom. The van der Waals surface area contributed by atoms with Gasteiger partial charge in [-0.25, -0.2) is 4.99 Å². The third kappa shape index (κ3) is 5.64. The molecule has 0 unspecified atom stereocenters. The number of methoxy groups -OCH3 is 2. The molecule has 24 heavy (non-hydrogen) atoms. The minimum Gasteiger partial charge on any atom is -0.493 e. The molecule has 0 aliphatic rings. The number of guanidine groups is 1. The van der Waals surface area contributed by atoms with Crippen LogP contribution in [0, 0.1) is 5.41 Å². The predicted molar refractivity (Wildman–Crippen MR) is 95.3 cm³/mol. The molecule has 7 heteroatoms. The van der Waals surface area contributed by atoms with E-state index in [-0.39, 0.29) is 5.91 Å². The Hall–Kier alpha value is -2.44. The summed E-state index contributed by atoms with van der Waals surface area (Å²) in [5.41, 5.74) is 5.72. The summed E-state index contributed by atoms with van der Waals surface area (Å²) in [5, 5.41) is 6.29. The van der Waals surface area contributed by atoms with Gasteiger partial charge in [0.2, 0.25) is 5.91 Å². The molecule has 0 saturated carbocycles. The molecule has 1 aromatic carbocycles. The SMILES string of the molecule is CCNC(=NCc1ccc(OC)c(OC)c1)NCC(C)(C)C(N)=O. The molecule has 7 nitrogen and oxygen atoms in total. The van der Waals surface area contributed by atoms with Crippen LogP contribution in [0.5, 0.6) is 11.5 Å². The van der Waals surface area contributed by atoms with E-state index in [4.69, 9.17) is 15.2 Å². The number of hydrogen-bond donors (Lipinski definition) is 3. The Bertz CT molecular complexity index is 585. The minimum absolute atomic E-state index is 0.356. The number of primary amides is 1. The van der Waals surface area contributed by atoms with Gasteiger partial charge in [-0.1, -0.05) is 6.07 Å². The summed E-state index contributed by atoms with van der Waals surface area (Å²) >= 11 is 0. The van der Waals surface area contributed by atoms with Gasteiger partial charge in [-0.05, 0) is 38.5 Å². The smallest absolute Gasteiger partial charge is 0.224 e. The Morgan fingerprint density at radius 3 is 2.42 bits per heavy atom. The first-order chi connectivity index (χ1) is 11.3. The van der Waals surface area contributed by atoms with Gasteiger partial charge >= 0.3 is 0 Å². The number of ether oxygens (including phenoxy) is 2. The van der Waals surface area contributed by atoms with Crippen LogP contribution >= 0.6 is 0 Å². The Morgan fingerprint density at radius 1 is 1.21 bits per heavy atom. The van der Waals surface area contributed by atoms with Crippen molar-refractivity contribution >= 4 is 11.9 Å². The molecule has 1 amide bonds. The van der Waals surface area contributed by atoms with E-state index in [1.807, 2.05) is 25.1 Å². The van der Waals surface area contributed by atoms with E-state index >= 15 is 0 Å². The van der Waals surface area contributed by atoms with Crippen molar-refractivity contribution < 1.29 is 14.3 Å². The number of aliphatic imine (C=N–C) groups is 1. The number of amides is 1. The average Bonchev–Trinajstić information content (AvgIpc) is 2.56. The highest BCUT2D eigenvalue weighted by Gasteiger charge is 2.24. The lowest BCUT2D eigenvalue weighted by atomic mass is 9.93. The summed E-state index contributed by atoms with van der Waals surface area (Å²) in [5.74, 6) is 1.61. The second-order valence-electron chi connectivity index (χ2n) is 5.99. The van der Waals surface area contributed by atoms with Gasteiger partial charge < -0.3 is 25.8 Å². The molecule has 0 fully saturated rings. The molecule has 1 rings (SSSR count). The molecule has 0 aliphatic heterocycles. The summed E-state index contributed by atoms with van der Waals surface area (Å²) in [6, 6.07) is 5.67. The Kier molecular flexibility index (Phi) is 7.35. The van der Waals surface area contributed by atoms with Crippen molar-refractivity contribution in [1.29, 1.82) is 0 Å². The summed E-state index contributed by atoms with van der Waals surface area (Å²) in [4.78, 5) is 15.9. The van der Waals surface area contributed by atoms with Crippen molar-refractivity contribution in [3.8, 4) is 11.5 Å². The second kappa shape index (κ2) is 9.00. The van der Waals surface area contributed by atoms with Crippen molar-refractivity contribution in [2.24, 2.45) is 16.1 Å². The number of nitrogens with two attached hydrogens (primary N) is 1. The van der Waals surface area contributed by atoms with Crippen LogP contribution in [-0.2, 0) is 11.3 Å². The molecular weight excluding hydrogens is 308 g/mol. The van der Waals surface area contributed by atoms with E-state index < -0.39 is 5.41 Å². The number of carbonyl (C=O) groups is 1. The van der Waals surface area contributed by atoms with Crippen LogP contribution in [-0.4, -0.2) is 39.2 Å². The summed E-state index contributed by atoms with van der Waals surface area (Å²) in [6.45, 7) is 7.15. The van der Waals surface area contributed by atoms with Gasteiger partial charge in [-0.2, -0.15) is 0 Å². The minimum atomic E-state index is -0.653. The second-order valence-corrected chi connectivity index (χ2v) is 5.99. The monoisotopic (exact) mass is 336 g/mol. The Balaban J connectivity index is 2.80. The molecule has 0 aromatic heterocycles. The van der Waals surface area contributed by atoms with Crippen LogP contribution in [0.4, 0.5) is 0 Å². The maximum Gasteiger partial charge on any atom is 0.224 e. The molecule has 134 valence electrons. The highest BCUT2D eigenvalue weighted by Crippen LogP contribution is 2.27. The van der Waals surface area contributed by atoms with E-state index in [0.29, 0.717) is 30.5 Å². The summed E-state index contributed by atoms with van der Waals surface area (Å²) in [7, 11) is 3.20. The van der Waals surface area contributed by atoms with Crippen LogP contribution in [0.1, 0.15) is 26.3 Å². The van der Waals surface area contributed by atoms with Crippen molar-refractivity contribution in [1.82, 2.24) is 10.6 Å². The number of nitrogens with one attached hydrogen (secondary N) is 2. The van der Waals surface area contributed by atoms with Crippen LogP contribution in [0.2, 0.25) is 0 Å². The summed E-state index contributed by atoms with van der Waals surface area (Å²) in [6.07, 6.45) is 0. The van der Waals surface area contributed by atoms with E-state index in [2.05, 4.69) is 15.6 Å². The number of hydrogen-bond acceptors (Lipinski definition) is 4. The number of benzene rings is 1. The van der Waals surface area contributed by atoms with E-state index in [1.54, 1.807) is 28.1 Å². The third-order valence-electron chi connectivity index (χ3n) is 3.58. The third-order valence-corrected chi connectivity index (χ3v) is 3.58. The molecule has 4 N–H and O–H groups in total. The van der Waals surface area contributed by atoms with Crippen LogP contribution in [0.25, 0.3) is 0 Å². The molecule has 0 spiro atoms. The largest absolute Gasteiger partial charge is 0.493 e. The number of rotatable bonds is 8. The molecule has 1 aromatic rings. The van der Waals surface area contributed by atoms with E-state index in [0.717, 1.165) is 12.1 Å². The maximum absolute atomic E-state index is 11.4. The normalized spacial score (nSPS) is 11.8. The first-order valence-electron chi connectivity index (χ1n) is 7.87. The van der Waals surface area contributed by atoms with Crippen LogP contribution in [0.3, 0.4) is 0 Å². The fourth-order valence-corrected chi connectivity index (χ4v) is 1.88. The van der Waals surface area contributed by atoms with Crippen molar-refractivity contribution in [3.63, 3.8) is 0 Å². The van der Waals surface area contributed by atoms with Gasteiger partial charge in [0, 0.05) is 13.1 Å². The van der Waals surface area contributed by atoms with E-state index in [9.17, 15) is 4.79 Å². The highest BCUT2D eigenvalue weighted by atomic mass is 16.5. The van der Waals surface area contributed by atoms with Crippen molar-refractivity contribution in [3.05, 3.63) is 23.8 Å². The topological polar surface area (TPSA) is 98.0 Å². The molecule has 0 atom stereocenters. The van der Waals surface area contributed by atoms with Gasteiger partial charge in [0.15, 0.2) is 17.5 Å². The lowest BCUT2D eigenvalue weighted by Gasteiger charge is -2.22. The van der Waals surface area contributed by atoms with Crippen molar-refractivity contribution in [2.45, 2.75) is 27.3 Å². The molecule has 0 radical (unpaired) electrons. The Labute approximate surface area is 143 Å². The number of carbonyl (C=O) groups excluding carboxylic acids is 1. The zero-order chi connectivity index (χ0) is 18.2. The molecule has 0 saturated heterocycles. The molecule has 0 bridgehead atoms. The van der Waals surface area contributed by atoms with Gasteiger partial charge in [0.05, 0.1) is 26.2 Å². The van der Waals surface area contributed by atoms with Gasteiger partial charge in [0.25, 0.3) is 0 Å². The predicted octanol–water partition coefficient (Wildman–Crippen LogP) is 1.27. The maximum atomic E-state index is 11.4. The molecule has 0 heterocycles.